The molecule has 0 N–H and O–H groups in total. The number of rotatable bonds is 3. The average molecular weight is 127 g/mol. The highest BCUT2D eigenvalue weighted by Crippen LogP contribution is 2.45. The third kappa shape index (κ3) is 1.07. The monoisotopic (exact) mass is 127 g/mol. The predicted molar refractivity (Wildman–Crippen MR) is 33.6 cm³/mol. The summed E-state index contributed by atoms with van der Waals surface area (Å²) in [5, 5.41) is 0. The average Bonchev–Trinajstić information content (AvgIpc) is 2.49. The Balaban J connectivity index is 2.42. The van der Waals surface area contributed by atoms with Gasteiger partial charge in [-0.1, -0.05) is 13.8 Å². The molecule has 0 aromatic rings. The largest absolute Gasteiger partial charge is 0.450 e. The van der Waals surface area contributed by atoms with Crippen LogP contribution in [0.5, 0.6) is 0 Å². The van der Waals surface area contributed by atoms with Gasteiger partial charge in [-0.05, 0) is 18.8 Å². The minimum atomic E-state index is -0.123. The second kappa shape index (κ2) is 2.01. The summed E-state index contributed by atoms with van der Waals surface area (Å²) in [7, 11) is 0. The van der Waals surface area contributed by atoms with E-state index in [1.54, 1.807) is 0 Å². The molecule has 0 aliphatic heterocycles. The van der Waals surface area contributed by atoms with Gasteiger partial charge < -0.3 is 4.74 Å². The van der Waals surface area contributed by atoms with Crippen molar-refractivity contribution in [1.82, 2.24) is 0 Å². The quantitative estimate of drug-likeness (QED) is 0.570. The molecule has 1 saturated carbocycles. The summed E-state index contributed by atoms with van der Waals surface area (Å²) in [6.45, 7) is 5.62. The number of carbonyl (C=O) groups excluding carboxylic acids is 1. The molecule has 1 aliphatic carbocycles. The maximum absolute atomic E-state index is 9.82. The Morgan fingerprint density at radius 2 is 2.11 bits per heavy atom. The summed E-state index contributed by atoms with van der Waals surface area (Å²) in [4.78, 5) is 9.82. The third-order valence-corrected chi connectivity index (χ3v) is 2.04. The first-order valence-corrected chi connectivity index (χ1v) is 3.26. The molecule has 2 heteroatoms. The van der Waals surface area contributed by atoms with Crippen molar-refractivity contribution in [2.24, 2.45) is 5.92 Å². The number of ether oxygens (including phenoxy) is 1. The van der Waals surface area contributed by atoms with Crippen molar-refractivity contribution in [3.63, 3.8) is 0 Å². The molecule has 1 aliphatic rings. The Morgan fingerprint density at radius 3 is 2.22 bits per heavy atom. The highest BCUT2D eigenvalue weighted by Gasteiger charge is 2.48. The number of hydrogen-bond acceptors (Lipinski definition) is 2. The van der Waals surface area contributed by atoms with Gasteiger partial charge in [0, 0.05) is 0 Å². The maximum Gasteiger partial charge on any atom is 0.418 e. The van der Waals surface area contributed by atoms with Crippen LogP contribution in [-0.4, -0.2) is 12.1 Å². The Kier molecular flexibility index (Phi) is 1.47. The van der Waals surface area contributed by atoms with Crippen molar-refractivity contribution < 1.29 is 9.53 Å². The van der Waals surface area contributed by atoms with Gasteiger partial charge in [0.2, 0.25) is 0 Å². The van der Waals surface area contributed by atoms with Crippen molar-refractivity contribution >= 4 is 6.47 Å². The summed E-state index contributed by atoms with van der Waals surface area (Å²) in [6, 6.07) is 0. The van der Waals surface area contributed by atoms with E-state index in [-0.39, 0.29) is 5.60 Å². The number of hydrogen-bond donors (Lipinski definition) is 0. The molecule has 51 valence electrons. The molecule has 0 saturated heterocycles. The highest BCUT2D eigenvalue weighted by atomic mass is 16.5. The maximum atomic E-state index is 9.82. The van der Waals surface area contributed by atoms with Gasteiger partial charge >= 0.3 is 6.47 Å². The Morgan fingerprint density at radius 1 is 1.56 bits per heavy atom. The van der Waals surface area contributed by atoms with Crippen LogP contribution in [0, 0.1) is 5.92 Å². The van der Waals surface area contributed by atoms with Crippen molar-refractivity contribution in [1.29, 1.82) is 0 Å². The molecule has 0 atom stereocenters. The van der Waals surface area contributed by atoms with Gasteiger partial charge in [-0.25, -0.2) is 4.79 Å². The second-order valence-corrected chi connectivity index (χ2v) is 2.90. The summed E-state index contributed by atoms with van der Waals surface area (Å²) in [5.41, 5.74) is -0.123. The van der Waals surface area contributed by atoms with E-state index < -0.39 is 0 Å². The first-order valence-electron chi connectivity index (χ1n) is 3.26. The Bertz CT molecular complexity index is 114. The van der Waals surface area contributed by atoms with E-state index >= 15 is 0 Å². The van der Waals surface area contributed by atoms with Gasteiger partial charge in [-0.3, -0.25) is 0 Å². The third-order valence-electron chi connectivity index (χ3n) is 2.04. The molecule has 1 rings (SSSR count). The minimum Gasteiger partial charge on any atom is -0.450 e. The zero-order valence-electron chi connectivity index (χ0n) is 5.81. The van der Waals surface area contributed by atoms with Crippen LogP contribution in [0.4, 0.5) is 0 Å². The van der Waals surface area contributed by atoms with E-state index in [0.29, 0.717) is 5.92 Å². The molecule has 0 amide bonds. The Labute approximate surface area is 55.2 Å². The molecule has 0 spiro atoms. The van der Waals surface area contributed by atoms with Gasteiger partial charge in [0.05, 0.1) is 0 Å². The van der Waals surface area contributed by atoms with Crippen molar-refractivity contribution in [2.75, 3.05) is 0 Å². The lowest BCUT2D eigenvalue weighted by Gasteiger charge is -2.15. The van der Waals surface area contributed by atoms with Gasteiger partial charge in [-0.2, -0.15) is 0 Å². The SMILES string of the molecule is CC(C)C1(O[C]=O)CC1. The van der Waals surface area contributed by atoms with E-state index in [1.807, 2.05) is 0 Å². The van der Waals surface area contributed by atoms with Crippen LogP contribution in [0.15, 0.2) is 0 Å². The van der Waals surface area contributed by atoms with Gasteiger partial charge in [0.1, 0.15) is 5.60 Å². The fraction of sp³-hybridized carbons (Fsp3) is 0.857. The van der Waals surface area contributed by atoms with E-state index in [2.05, 4.69) is 13.8 Å². The summed E-state index contributed by atoms with van der Waals surface area (Å²) >= 11 is 0. The van der Waals surface area contributed by atoms with Gasteiger partial charge in [-0.15, -0.1) is 0 Å². The van der Waals surface area contributed by atoms with Crippen LogP contribution in [0.1, 0.15) is 26.7 Å². The standard InChI is InChI=1S/C7H11O2/c1-6(2)7(3-4-7)9-5-8/h6H,3-4H2,1-2H3. The molecular weight excluding hydrogens is 116 g/mol. The van der Waals surface area contributed by atoms with E-state index in [9.17, 15) is 4.79 Å². The lowest BCUT2D eigenvalue weighted by Crippen LogP contribution is -2.20. The molecule has 2 nitrogen and oxygen atoms in total. The van der Waals surface area contributed by atoms with Crippen LogP contribution in [0.3, 0.4) is 0 Å². The van der Waals surface area contributed by atoms with Crippen molar-refractivity contribution in [3.8, 4) is 0 Å². The lowest BCUT2D eigenvalue weighted by molar-refractivity contribution is 0.107. The molecule has 1 fully saturated rings. The second-order valence-electron chi connectivity index (χ2n) is 2.90. The molecule has 0 aromatic carbocycles. The molecule has 0 heterocycles. The first-order chi connectivity index (χ1) is 4.21. The molecule has 9 heavy (non-hydrogen) atoms. The van der Waals surface area contributed by atoms with Crippen LogP contribution < -0.4 is 0 Å². The highest BCUT2D eigenvalue weighted by molar-refractivity contribution is 5.40. The van der Waals surface area contributed by atoms with Crippen LogP contribution in [-0.2, 0) is 9.53 Å². The van der Waals surface area contributed by atoms with Crippen LogP contribution in [0.25, 0.3) is 0 Å². The minimum absolute atomic E-state index is 0.123. The smallest absolute Gasteiger partial charge is 0.418 e. The van der Waals surface area contributed by atoms with Crippen molar-refractivity contribution in [2.45, 2.75) is 32.3 Å². The lowest BCUT2D eigenvalue weighted by atomic mass is 10.1. The zero-order chi connectivity index (χ0) is 6.91. The fourth-order valence-corrected chi connectivity index (χ4v) is 1.00. The van der Waals surface area contributed by atoms with E-state index in [0.717, 1.165) is 12.8 Å². The summed E-state index contributed by atoms with van der Waals surface area (Å²) in [5.74, 6) is 0.443. The van der Waals surface area contributed by atoms with Gasteiger partial charge in [0.15, 0.2) is 0 Å². The molecule has 1 radical (unpaired) electrons. The normalized spacial score (nSPS) is 21.7. The molecule has 0 aromatic heterocycles. The molecule has 0 bridgehead atoms. The summed E-state index contributed by atoms with van der Waals surface area (Å²) in [6.07, 6.45) is 2.03. The van der Waals surface area contributed by atoms with Crippen molar-refractivity contribution in [3.05, 3.63) is 0 Å². The van der Waals surface area contributed by atoms with E-state index in [4.69, 9.17) is 4.74 Å². The fourth-order valence-electron chi connectivity index (χ4n) is 1.00. The topological polar surface area (TPSA) is 26.3 Å². The first kappa shape index (κ1) is 6.59. The molecule has 0 unspecified atom stereocenters. The zero-order valence-corrected chi connectivity index (χ0v) is 5.81. The van der Waals surface area contributed by atoms with E-state index in [1.165, 1.54) is 6.47 Å². The Hall–Kier alpha value is -0.530. The van der Waals surface area contributed by atoms with Crippen LogP contribution in [0.2, 0.25) is 0 Å². The van der Waals surface area contributed by atoms with Crippen LogP contribution >= 0.6 is 0 Å². The van der Waals surface area contributed by atoms with Gasteiger partial charge in [0.25, 0.3) is 0 Å². The summed E-state index contributed by atoms with van der Waals surface area (Å²) < 4.78 is 4.80. The predicted octanol–water partition coefficient (Wildman–Crippen LogP) is 1.26. The molecular formula is C7H11O2.